The van der Waals surface area contributed by atoms with Gasteiger partial charge in [-0.2, -0.15) is 0 Å². The number of likely N-dealkylation sites (tertiary alicyclic amines) is 1. The van der Waals surface area contributed by atoms with E-state index >= 15 is 0 Å². The molecule has 7 nitrogen and oxygen atoms in total. The number of carbonyl (C=O) groups excluding carboxylic acids is 2. The second-order valence-electron chi connectivity index (χ2n) is 8.37. The number of benzene rings is 1. The fourth-order valence-corrected chi connectivity index (χ4v) is 5.09. The molecular weight excluding hydrogens is 368 g/mol. The quantitative estimate of drug-likeness (QED) is 0.821. The zero-order valence-corrected chi connectivity index (χ0v) is 16.1. The smallest absolute Gasteiger partial charge is 0.255 e. The first-order valence-corrected chi connectivity index (χ1v) is 10.0. The van der Waals surface area contributed by atoms with E-state index in [1.165, 1.54) is 0 Å². The number of nitrogens with zero attached hydrogens (tertiary/aromatic N) is 4. The molecule has 0 radical (unpaired) electrons. The lowest BCUT2D eigenvalue weighted by molar-refractivity contribution is -0.0917. The van der Waals surface area contributed by atoms with E-state index in [2.05, 4.69) is 9.88 Å². The van der Waals surface area contributed by atoms with Gasteiger partial charge in [-0.3, -0.25) is 19.5 Å². The van der Waals surface area contributed by atoms with Crippen LogP contribution in [0.2, 0.25) is 0 Å². The van der Waals surface area contributed by atoms with Crippen molar-refractivity contribution in [2.45, 2.75) is 24.1 Å². The van der Waals surface area contributed by atoms with Crippen molar-refractivity contribution in [2.75, 3.05) is 32.7 Å². The molecule has 3 fully saturated rings. The number of aliphatic hydroxyl groups is 1. The number of hydrogen-bond acceptors (Lipinski definition) is 5. The fraction of sp³-hybridized carbons (Fsp3) is 0.409. The number of fused-ring (bicyclic) bond motifs is 2. The Bertz CT molecular complexity index is 914. The lowest BCUT2D eigenvalue weighted by atomic mass is 9.83. The van der Waals surface area contributed by atoms with E-state index in [-0.39, 0.29) is 29.5 Å². The largest absolute Gasteiger partial charge is 0.392 e. The molecule has 29 heavy (non-hydrogen) atoms. The summed E-state index contributed by atoms with van der Waals surface area (Å²) >= 11 is 0. The van der Waals surface area contributed by atoms with Gasteiger partial charge in [0.25, 0.3) is 11.8 Å². The highest BCUT2D eigenvalue weighted by atomic mass is 16.3. The Morgan fingerprint density at radius 3 is 2.34 bits per heavy atom. The Morgan fingerprint density at radius 2 is 1.62 bits per heavy atom. The second-order valence-corrected chi connectivity index (χ2v) is 8.37. The maximum atomic E-state index is 13.1. The summed E-state index contributed by atoms with van der Waals surface area (Å²) in [5.41, 5.74) is 0.966. The third-order valence-corrected chi connectivity index (χ3v) is 6.39. The van der Waals surface area contributed by atoms with Crippen LogP contribution in [0.5, 0.6) is 0 Å². The summed E-state index contributed by atoms with van der Waals surface area (Å²) in [6.07, 6.45) is 3.52. The maximum absolute atomic E-state index is 13.1. The monoisotopic (exact) mass is 392 g/mol. The number of amides is 2. The Balaban J connectivity index is 1.37. The highest BCUT2D eigenvalue weighted by Gasteiger charge is 2.57. The number of aromatic nitrogens is 1. The molecule has 5 rings (SSSR count). The van der Waals surface area contributed by atoms with E-state index in [0.717, 1.165) is 0 Å². The predicted octanol–water partition coefficient (Wildman–Crippen LogP) is 0.867. The van der Waals surface area contributed by atoms with Gasteiger partial charge in [-0.1, -0.05) is 18.2 Å². The van der Waals surface area contributed by atoms with E-state index in [1.54, 1.807) is 24.5 Å². The van der Waals surface area contributed by atoms with E-state index in [9.17, 15) is 14.7 Å². The van der Waals surface area contributed by atoms with Gasteiger partial charge in [0.05, 0.1) is 17.2 Å². The van der Waals surface area contributed by atoms with Crippen LogP contribution >= 0.6 is 0 Å². The van der Waals surface area contributed by atoms with Crippen molar-refractivity contribution >= 4 is 11.8 Å². The fourth-order valence-electron chi connectivity index (χ4n) is 5.09. The standard InChI is InChI=1S/C22H24N4O3/c27-19-9-18-11-24(20(28)16-5-2-1-3-6-16)13-22(26(18)12-19)14-25(15-22)21(29)17-7-4-8-23-10-17/h1-8,10,18-19,27H,9,11-15H2/t18-,19-/m1/s1. The van der Waals surface area contributed by atoms with Gasteiger partial charge in [0.1, 0.15) is 0 Å². The second kappa shape index (κ2) is 6.93. The van der Waals surface area contributed by atoms with Crippen molar-refractivity contribution in [1.29, 1.82) is 0 Å². The molecule has 3 aliphatic heterocycles. The number of pyridine rings is 1. The predicted molar refractivity (Wildman–Crippen MR) is 106 cm³/mol. The number of β-amino-alcohol motifs (C(OH)–C–C–N with tert-alkyl or cyclic N) is 1. The summed E-state index contributed by atoms with van der Waals surface area (Å²) in [7, 11) is 0. The van der Waals surface area contributed by atoms with Gasteiger partial charge < -0.3 is 14.9 Å². The molecule has 1 N–H and O–H groups in total. The molecule has 150 valence electrons. The maximum Gasteiger partial charge on any atom is 0.255 e. The summed E-state index contributed by atoms with van der Waals surface area (Å²) in [4.78, 5) is 36.0. The number of carbonyl (C=O) groups is 2. The first-order valence-electron chi connectivity index (χ1n) is 10.0. The molecule has 3 aliphatic rings. The minimum atomic E-state index is -0.383. The highest BCUT2D eigenvalue weighted by molar-refractivity contribution is 5.95. The molecule has 2 aromatic rings. The molecule has 3 saturated heterocycles. The SMILES string of the molecule is O=C(c1ccccc1)N1C[C@H]2C[C@@H](O)CN2C2(C1)CN(C(=O)c1cccnc1)C2. The molecule has 0 saturated carbocycles. The molecule has 1 aromatic heterocycles. The van der Waals surface area contributed by atoms with Gasteiger partial charge >= 0.3 is 0 Å². The molecule has 2 atom stereocenters. The summed E-state index contributed by atoms with van der Waals surface area (Å²) in [6, 6.07) is 13.0. The summed E-state index contributed by atoms with van der Waals surface area (Å²) in [5, 5.41) is 10.3. The van der Waals surface area contributed by atoms with Crippen molar-refractivity contribution in [3.8, 4) is 0 Å². The molecular formula is C22H24N4O3. The molecule has 1 spiro atoms. The van der Waals surface area contributed by atoms with Crippen LogP contribution in [0.3, 0.4) is 0 Å². The normalized spacial score (nSPS) is 25.6. The molecule has 1 aromatic carbocycles. The molecule has 4 heterocycles. The van der Waals surface area contributed by atoms with Crippen LogP contribution in [-0.2, 0) is 0 Å². The number of aliphatic hydroxyl groups excluding tert-OH is 1. The van der Waals surface area contributed by atoms with Crippen molar-refractivity contribution < 1.29 is 14.7 Å². The Morgan fingerprint density at radius 1 is 0.931 bits per heavy atom. The van der Waals surface area contributed by atoms with Gasteiger partial charge in [-0.25, -0.2) is 0 Å². The molecule has 0 aliphatic carbocycles. The molecule has 0 bridgehead atoms. The van der Waals surface area contributed by atoms with Gasteiger partial charge in [0.2, 0.25) is 0 Å². The van der Waals surface area contributed by atoms with Crippen molar-refractivity contribution in [1.82, 2.24) is 19.7 Å². The zero-order valence-electron chi connectivity index (χ0n) is 16.1. The van der Waals surface area contributed by atoms with E-state index in [1.807, 2.05) is 40.1 Å². The number of rotatable bonds is 2. The third-order valence-electron chi connectivity index (χ3n) is 6.39. The lowest BCUT2D eigenvalue weighted by Gasteiger charge is -2.60. The van der Waals surface area contributed by atoms with Crippen LogP contribution in [0.15, 0.2) is 54.9 Å². The Kier molecular flexibility index (Phi) is 4.37. The first kappa shape index (κ1) is 18.3. The lowest BCUT2D eigenvalue weighted by Crippen LogP contribution is -2.79. The highest BCUT2D eigenvalue weighted by Crippen LogP contribution is 2.39. The van der Waals surface area contributed by atoms with Crippen LogP contribution in [0.4, 0.5) is 0 Å². The van der Waals surface area contributed by atoms with Gasteiger partial charge in [0, 0.05) is 56.7 Å². The van der Waals surface area contributed by atoms with Gasteiger partial charge in [0.15, 0.2) is 0 Å². The van der Waals surface area contributed by atoms with E-state index in [0.29, 0.717) is 50.3 Å². The summed E-state index contributed by atoms with van der Waals surface area (Å²) in [5.74, 6) is -0.0189. The minimum absolute atomic E-state index is 0.0167. The number of hydrogen-bond donors (Lipinski definition) is 1. The first-order chi connectivity index (χ1) is 14.1. The van der Waals surface area contributed by atoms with Crippen molar-refractivity contribution in [3.05, 3.63) is 66.0 Å². The van der Waals surface area contributed by atoms with Crippen LogP contribution in [0.1, 0.15) is 27.1 Å². The van der Waals surface area contributed by atoms with Gasteiger partial charge in [-0.15, -0.1) is 0 Å². The third kappa shape index (κ3) is 3.10. The van der Waals surface area contributed by atoms with Gasteiger partial charge in [-0.05, 0) is 30.7 Å². The van der Waals surface area contributed by atoms with Crippen molar-refractivity contribution in [3.63, 3.8) is 0 Å². The van der Waals surface area contributed by atoms with Crippen molar-refractivity contribution in [2.24, 2.45) is 0 Å². The topological polar surface area (TPSA) is 77.0 Å². The summed E-state index contributed by atoms with van der Waals surface area (Å²) in [6.45, 7) is 2.90. The van der Waals surface area contributed by atoms with E-state index < -0.39 is 0 Å². The van der Waals surface area contributed by atoms with Crippen LogP contribution in [-0.4, -0.2) is 87.0 Å². The van der Waals surface area contributed by atoms with Crippen LogP contribution in [0.25, 0.3) is 0 Å². The van der Waals surface area contributed by atoms with Crippen LogP contribution < -0.4 is 0 Å². The molecule has 2 amide bonds. The average molecular weight is 392 g/mol. The zero-order chi connectivity index (χ0) is 20.0. The Labute approximate surface area is 169 Å². The van der Waals surface area contributed by atoms with Crippen LogP contribution in [0, 0.1) is 0 Å². The minimum Gasteiger partial charge on any atom is -0.392 e. The van der Waals surface area contributed by atoms with E-state index in [4.69, 9.17) is 0 Å². The number of piperazine rings is 1. The Hall–Kier alpha value is -2.77. The molecule has 0 unspecified atom stereocenters. The molecule has 7 heteroatoms. The average Bonchev–Trinajstić information content (AvgIpc) is 3.12. The summed E-state index contributed by atoms with van der Waals surface area (Å²) < 4.78 is 0.